The van der Waals surface area contributed by atoms with Crippen LogP contribution in [0.1, 0.15) is 47.6 Å². The number of pyridine rings is 1. The monoisotopic (exact) mass is 284 g/mol. The van der Waals surface area contributed by atoms with Gasteiger partial charge in [-0.05, 0) is 24.1 Å². The zero-order valence-electron chi connectivity index (χ0n) is 12.2. The third kappa shape index (κ3) is 4.13. The molecule has 0 aliphatic carbocycles. The molecule has 0 aliphatic heterocycles. The van der Waals surface area contributed by atoms with Crippen molar-refractivity contribution in [2.75, 3.05) is 0 Å². The number of ether oxygens (including phenoxy) is 1. The minimum Gasteiger partial charge on any atom is -0.487 e. The fraction of sp³-hybridized carbons (Fsp3) is 0.294. The first-order valence-electron chi connectivity index (χ1n) is 7.13. The average Bonchev–Trinajstić information content (AvgIpc) is 2.54. The number of carbonyl (C=O) groups is 1. The van der Waals surface area contributed by atoms with Crippen molar-refractivity contribution in [3.63, 3.8) is 0 Å². The fourth-order valence-corrected chi connectivity index (χ4v) is 2.11. The summed E-state index contributed by atoms with van der Waals surface area (Å²) in [5.41, 5.74) is 8.25. The summed E-state index contributed by atoms with van der Waals surface area (Å²) in [6.45, 7) is 2.52. The lowest BCUT2D eigenvalue weighted by Gasteiger charge is -2.16. The summed E-state index contributed by atoms with van der Waals surface area (Å²) >= 11 is 0. The van der Waals surface area contributed by atoms with E-state index < -0.39 is 0 Å². The number of rotatable bonds is 7. The maximum Gasteiger partial charge on any atom is 0.168 e. The Bertz CT molecular complexity index is 585. The number of nitrogens with two attached hydrogens (primary N) is 1. The minimum absolute atomic E-state index is 0.222. The second-order valence-electron chi connectivity index (χ2n) is 4.91. The zero-order valence-corrected chi connectivity index (χ0v) is 12.2. The molecule has 0 amide bonds. The molecule has 0 saturated heterocycles. The highest BCUT2D eigenvalue weighted by molar-refractivity contribution is 5.72. The van der Waals surface area contributed by atoms with Crippen LogP contribution in [0.25, 0.3) is 0 Å². The number of nitrogens with zero attached hydrogens (tertiary/aromatic N) is 1. The lowest BCUT2D eigenvalue weighted by atomic mass is 10.1. The van der Waals surface area contributed by atoms with Crippen LogP contribution >= 0.6 is 0 Å². The normalized spacial score (nSPS) is 11.9. The van der Waals surface area contributed by atoms with Crippen LogP contribution in [0.15, 0.2) is 42.5 Å². The predicted molar refractivity (Wildman–Crippen MR) is 82.2 cm³/mol. The largest absolute Gasteiger partial charge is 0.487 e. The first-order valence-corrected chi connectivity index (χ1v) is 7.13. The number of aromatic nitrogens is 1. The van der Waals surface area contributed by atoms with E-state index in [9.17, 15) is 4.79 Å². The molecule has 1 aromatic heterocycles. The lowest BCUT2D eigenvalue weighted by molar-refractivity contribution is 0.111. The Kier molecular flexibility index (Phi) is 5.46. The molecular formula is C17H20N2O2. The van der Waals surface area contributed by atoms with Crippen LogP contribution in [-0.4, -0.2) is 11.3 Å². The van der Waals surface area contributed by atoms with Crippen LogP contribution < -0.4 is 10.5 Å². The molecule has 0 bridgehead atoms. The Labute approximate surface area is 125 Å². The van der Waals surface area contributed by atoms with Gasteiger partial charge in [-0.25, -0.2) is 4.98 Å². The van der Waals surface area contributed by atoms with Crippen molar-refractivity contribution in [2.24, 2.45) is 5.73 Å². The molecule has 2 aromatic rings. The number of hydrogen-bond acceptors (Lipinski definition) is 4. The molecule has 2 rings (SSSR count). The summed E-state index contributed by atoms with van der Waals surface area (Å²) in [7, 11) is 0. The quantitative estimate of drug-likeness (QED) is 0.792. The van der Waals surface area contributed by atoms with Crippen LogP contribution in [0.3, 0.4) is 0 Å². The molecule has 0 saturated carbocycles. The van der Waals surface area contributed by atoms with Crippen molar-refractivity contribution >= 4 is 6.29 Å². The lowest BCUT2D eigenvalue weighted by Crippen LogP contribution is -2.14. The van der Waals surface area contributed by atoms with Crippen molar-refractivity contribution < 1.29 is 9.53 Å². The van der Waals surface area contributed by atoms with E-state index >= 15 is 0 Å². The number of aldehydes is 1. The van der Waals surface area contributed by atoms with Gasteiger partial charge in [0.25, 0.3) is 0 Å². The molecule has 1 aromatic carbocycles. The molecule has 1 heterocycles. The molecule has 0 fully saturated rings. The summed E-state index contributed by atoms with van der Waals surface area (Å²) in [6, 6.07) is 13.1. The van der Waals surface area contributed by atoms with Gasteiger partial charge < -0.3 is 10.5 Å². The van der Waals surface area contributed by atoms with Gasteiger partial charge in [0.1, 0.15) is 18.1 Å². The second kappa shape index (κ2) is 7.55. The number of carbonyl (C=O) groups excluding carboxylic acids is 1. The summed E-state index contributed by atoms with van der Waals surface area (Å²) in [6.07, 6.45) is 2.48. The predicted octanol–water partition coefficient (Wildman–Crippen LogP) is 3.27. The van der Waals surface area contributed by atoms with Gasteiger partial charge in [-0.1, -0.05) is 43.7 Å². The van der Waals surface area contributed by atoms with E-state index in [1.165, 1.54) is 0 Å². The van der Waals surface area contributed by atoms with Crippen LogP contribution in [0, 0.1) is 0 Å². The fourth-order valence-electron chi connectivity index (χ4n) is 2.11. The average molecular weight is 284 g/mol. The van der Waals surface area contributed by atoms with E-state index in [1.807, 2.05) is 30.3 Å². The molecule has 0 spiro atoms. The second-order valence-corrected chi connectivity index (χ2v) is 4.91. The van der Waals surface area contributed by atoms with Gasteiger partial charge >= 0.3 is 0 Å². The first-order chi connectivity index (χ1) is 10.2. The summed E-state index contributed by atoms with van der Waals surface area (Å²) in [5, 5.41) is 0. The molecule has 110 valence electrons. The van der Waals surface area contributed by atoms with E-state index in [-0.39, 0.29) is 6.04 Å². The molecule has 21 heavy (non-hydrogen) atoms. The smallest absolute Gasteiger partial charge is 0.168 e. The Balaban J connectivity index is 2.19. The van der Waals surface area contributed by atoms with Gasteiger partial charge in [0.05, 0.1) is 11.7 Å². The number of hydrogen-bond donors (Lipinski definition) is 1. The van der Waals surface area contributed by atoms with Crippen molar-refractivity contribution in [3.05, 3.63) is 59.4 Å². The number of benzene rings is 1. The summed E-state index contributed by atoms with van der Waals surface area (Å²) in [5.74, 6) is 0.644. The van der Waals surface area contributed by atoms with Crippen molar-refractivity contribution in [2.45, 2.75) is 32.4 Å². The van der Waals surface area contributed by atoms with E-state index in [4.69, 9.17) is 10.5 Å². The minimum atomic E-state index is -0.222. The molecule has 4 heteroatoms. The van der Waals surface area contributed by atoms with E-state index in [2.05, 4.69) is 11.9 Å². The van der Waals surface area contributed by atoms with Gasteiger partial charge in [-0.2, -0.15) is 0 Å². The van der Waals surface area contributed by atoms with Gasteiger partial charge in [0.15, 0.2) is 6.29 Å². The summed E-state index contributed by atoms with van der Waals surface area (Å²) < 4.78 is 5.83. The molecule has 0 radical (unpaired) electrons. The Morgan fingerprint density at radius 2 is 2.00 bits per heavy atom. The van der Waals surface area contributed by atoms with E-state index in [0.717, 1.165) is 24.7 Å². The van der Waals surface area contributed by atoms with Crippen LogP contribution in [0.5, 0.6) is 5.75 Å². The van der Waals surface area contributed by atoms with Gasteiger partial charge in [-0.15, -0.1) is 0 Å². The van der Waals surface area contributed by atoms with E-state index in [0.29, 0.717) is 23.7 Å². The third-order valence-electron chi connectivity index (χ3n) is 3.22. The highest BCUT2D eigenvalue weighted by Gasteiger charge is 2.14. The highest BCUT2D eigenvalue weighted by atomic mass is 16.5. The van der Waals surface area contributed by atoms with Crippen molar-refractivity contribution in [3.8, 4) is 5.75 Å². The van der Waals surface area contributed by atoms with Gasteiger partial charge in [0.2, 0.25) is 0 Å². The Morgan fingerprint density at radius 1 is 1.24 bits per heavy atom. The zero-order chi connectivity index (χ0) is 15.1. The SMILES string of the molecule is CCCC(N)c1nc(C=O)ccc1OCc1ccccc1. The van der Waals surface area contributed by atoms with Crippen molar-refractivity contribution in [1.82, 2.24) is 4.98 Å². The molecular weight excluding hydrogens is 264 g/mol. The van der Waals surface area contributed by atoms with Crippen molar-refractivity contribution in [1.29, 1.82) is 0 Å². The topological polar surface area (TPSA) is 65.2 Å². The molecule has 2 N–H and O–H groups in total. The molecule has 1 unspecified atom stereocenters. The maximum atomic E-state index is 10.9. The van der Waals surface area contributed by atoms with Crippen LogP contribution in [0.4, 0.5) is 0 Å². The summed E-state index contributed by atoms with van der Waals surface area (Å²) in [4.78, 5) is 15.2. The van der Waals surface area contributed by atoms with Crippen LogP contribution in [0.2, 0.25) is 0 Å². The maximum absolute atomic E-state index is 10.9. The third-order valence-corrected chi connectivity index (χ3v) is 3.22. The molecule has 4 nitrogen and oxygen atoms in total. The highest BCUT2D eigenvalue weighted by Crippen LogP contribution is 2.25. The van der Waals surface area contributed by atoms with Crippen LogP contribution in [-0.2, 0) is 6.61 Å². The Morgan fingerprint density at radius 3 is 2.67 bits per heavy atom. The first kappa shape index (κ1) is 15.2. The Hall–Kier alpha value is -2.20. The molecule has 1 atom stereocenters. The van der Waals surface area contributed by atoms with Gasteiger partial charge in [0, 0.05) is 0 Å². The van der Waals surface area contributed by atoms with E-state index in [1.54, 1.807) is 12.1 Å². The molecule has 0 aliphatic rings. The standard InChI is InChI=1S/C17H20N2O2/c1-2-6-15(18)17-16(10-9-14(11-20)19-17)21-12-13-7-4-3-5-8-13/h3-5,7-11,15H,2,6,12,18H2,1H3. The van der Waals surface area contributed by atoms with Gasteiger partial charge in [-0.3, -0.25) is 4.79 Å².